The van der Waals surface area contributed by atoms with Gasteiger partial charge in [0.15, 0.2) is 0 Å². The van der Waals surface area contributed by atoms with Crippen molar-refractivity contribution in [1.29, 1.82) is 0 Å². The molecule has 2 aromatic carbocycles. The van der Waals surface area contributed by atoms with Crippen molar-refractivity contribution in [1.82, 2.24) is 4.98 Å². The molecule has 2 aliphatic heterocycles. The molecule has 0 spiro atoms. The average Bonchev–Trinajstić information content (AvgIpc) is 3.06. The molecule has 3 aromatic rings. The van der Waals surface area contributed by atoms with Crippen LogP contribution in [0, 0.1) is 5.92 Å². The second-order valence-electron chi connectivity index (χ2n) is 9.33. The number of pyridine rings is 1. The van der Waals surface area contributed by atoms with Crippen molar-refractivity contribution in [3.05, 3.63) is 54.2 Å². The van der Waals surface area contributed by atoms with Gasteiger partial charge in [0.25, 0.3) is 0 Å². The third-order valence-corrected chi connectivity index (χ3v) is 6.83. The van der Waals surface area contributed by atoms with Gasteiger partial charge >= 0.3 is 0 Å². The largest absolute Gasteiger partial charge is 0.497 e. The fourth-order valence-electron chi connectivity index (χ4n) is 4.82. The molecule has 0 saturated carbocycles. The first-order valence-corrected chi connectivity index (χ1v) is 11.3. The molecule has 33 heavy (non-hydrogen) atoms. The number of carbonyl (C=O) groups excluding carboxylic acids is 2. The number of piperidine rings is 1. The van der Waals surface area contributed by atoms with Crippen molar-refractivity contribution in [3.63, 3.8) is 0 Å². The first-order valence-electron chi connectivity index (χ1n) is 11.3. The van der Waals surface area contributed by atoms with Crippen LogP contribution in [-0.2, 0) is 15.0 Å². The van der Waals surface area contributed by atoms with E-state index in [0.717, 1.165) is 58.7 Å². The summed E-state index contributed by atoms with van der Waals surface area (Å²) in [5.41, 5.74) is 3.81. The second-order valence-corrected chi connectivity index (χ2v) is 9.33. The van der Waals surface area contributed by atoms with Gasteiger partial charge in [0.05, 0.1) is 24.0 Å². The molecule has 5 rings (SSSR count). The van der Waals surface area contributed by atoms with E-state index >= 15 is 0 Å². The van der Waals surface area contributed by atoms with Crippen LogP contribution in [0.15, 0.2) is 48.7 Å². The van der Waals surface area contributed by atoms with Gasteiger partial charge in [0.1, 0.15) is 5.75 Å². The van der Waals surface area contributed by atoms with E-state index in [4.69, 9.17) is 4.74 Å². The Morgan fingerprint density at radius 1 is 1.21 bits per heavy atom. The van der Waals surface area contributed by atoms with E-state index in [-0.39, 0.29) is 17.7 Å². The second kappa shape index (κ2) is 8.06. The number of hydrogen-bond donors (Lipinski definition) is 2. The Labute approximate surface area is 193 Å². The zero-order chi connectivity index (χ0) is 23.2. The minimum absolute atomic E-state index is 0.00526. The Morgan fingerprint density at radius 3 is 2.88 bits per heavy atom. The molecular formula is C26H28N4O3. The van der Waals surface area contributed by atoms with E-state index < -0.39 is 5.41 Å². The summed E-state index contributed by atoms with van der Waals surface area (Å²) < 4.78 is 5.41. The van der Waals surface area contributed by atoms with Crippen LogP contribution in [0.3, 0.4) is 0 Å². The number of nitrogens with zero attached hydrogens (tertiary/aromatic N) is 2. The van der Waals surface area contributed by atoms with Gasteiger partial charge in [-0.25, -0.2) is 0 Å². The molecule has 1 unspecified atom stereocenters. The number of nitrogens with one attached hydrogen (secondary N) is 2. The van der Waals surface area contributed by atoms with Crippen LogP contribution in [0.1, 0.15) is 32.3 Å². The zero-order valence-electron chi connectivity index (χ0n) is 19.1. The first kappa shape index (κ1) is 21.2. The third kappa shape index (κ3) is 3.77. The van der Waals surface area contributed by atoms with Gasteiger partial charge in [0.2, 0.25) is 11.8 Å². The Morgan fingerprint density at radius 2 is 2.06 bits per heavy atom. The highest BCUT2D eigenvalue weighted by molar-refractivity contribution is 6.06. The van der Waals surface area contributed by atoms with Gasteiger partial charge in [-0.05, 0) is 74.7 Å². The predicted molar refractivity (Wildman–Crippen MR) is 130 cm³/mol. The van der Waals surface area contributed by atoms with Crippen molar-refractivity contribution < 1.29 is 14.3 Å². The molecular weight excluding hydrogens is 416 g/mol. The lowest BCUT2D eigenvalue weighted by atomic mass is 9.86. The average molecular weight is 445 g/mol. The summed E-state index contributed by atoms with van der Waals surface area (Å²) in [6, 6.07) is 13.5. The molecule has 3 heterocycles. The van der Waals surface area contributed by atoms with Gasteiger partial charge < -0.3 is 20.3 Å². The van der Waals surface area contributed by atoms with Crippen LogP contribution in [0.25, 0.3) is 10.9 Å². The number of carbonyl (C=O) groups is 2. The van der Waals surface area contributed by atoms with Gasteiger partial charge in [-0.1, -0.05) is 0 Å². The smallest absolute Gasteiger partial charge is 0.234 e. The van der Waals surface area contributed by atoms with Crippen molar-refractivity contribution in [3.8, 4) is 5.75 Å². The standard InChI is InChI=1S/C26H28N4O3/c1-26(2)20-13-17(6-8-22(20)29-25(26)32)28-24(31)16-5-4-12-30(15-16)23-10-11-27-21-9-7-18(33-3)14-19(21)23/h6-11,13-14,16H,4-5,12,15H2,1-3H3,(H,28,31)(H,29,32). The molecule has 0 radical (unpaired) electrons. The first-order chi connectivity index (χ1) is 15.9. The summed E-state index contributed by atoms with van der Waals surface area (Å²) in [5, 5.41) is 7.01. The highest BCUT2D eigenvalue weighted by Gasteiger charge is 2.38. The van der Waals surface area contributed by atoms with Crippen molar-refractivity contribution in [2.75, 3.05) is 35.7 Å². The number of hydrogen-bond acceptors (Lipinski definition) is 5. The van der Waals surface area contributed by atoms with Crippen LogP contribution < -0.4 is 20.3 Å². The van der Waals surface area contributed by atoms with Crippen LogP contribution >= 0.6 is 0 Å². The normalized spacial score (nSPS) is 19.2. The van der Waals surface area contributed by atoms with Crippen LogP contribution in [0.5, 0.6) is 5.75 Å². The maximum absolute atomic E-state index is 13.2. The lowest BCUT2D eigenvalue weighted by Gasteiger charge is -2.34. The molecule has 2 aliphatic rings. The van der Waals surface area contributed by atoms with E-state index in [1.54, 1.807) is 7.11 Å². The summed E-state index contributed by atoms with van der Waals surface area (Å²) in [4.78, 5) is 32.1. The monoisotopic (exact) mass is 444 g/mol. The number of anilines is 3. The van der Waals surface area contributed by atoms with Gasteiger partial charge in [-0.3, -0.25) is 14.6 Å². The molecule has 0 bridgehead atoms. The fraction of sp³-hybridized carbons (Fsp3) is 0.346. The quantitative estimate of drug-likeness (QED) is 0.626. The molecule has 1 saturated heterocycles. The Hall–Kier alpha value is -3.61. The number of methoxy groups -OCH3 is 1. The molecule has 1 aromatic heterocycles. The molecule has 7 heteroatoms. The van der Waals surface area contributed by atoms with Crippen molar-refractivity contribution in [2.45, 2.75) is 32.1 Å². The Bertz CT molecular complexity index is 1250. The molecule has 1 atom stereocenters. The Balaban J connectivity index is 1.35. The molecule has 170 valence electrons. The molecule has 2 N–H and O–H groups in total. The summed E-state index contributed by atoms with van der Waals surface area (Å²) >= 11 is 0. The SMILES string of the molecule is COc1ccc2nccc(N3CCCC(C(=O)Nc4ccc5c(c4)C(C)(C)C(=O)N5)C3)c2c1. The number of rotatable bonds is 4. The maximum Gasteiger partial charge on any atom is 0.234 e. The summed E-state index contributed by atoms with van der Waals surface area (Å²) in [6.07, 6.45) is 3.59. The number of benzene rings is 2. The third-order valence-electron chi connectivity index (χ3n) is 6.83. The number of aromatic nitrogens is 1. The number of ether oxygens (including phenoxy) is 1. The van der Waals surface area contributed by atoms with Crippen LogP contribution in [-0.4, -0.2) is 37.0 Å². The van der Waals surface area contributed by atoms with E-state index in [9.17, 15) is 9.59 Å². The van der Waals surface area contributed by atoms with Crippen molar-refractivity contribution >= 4 is 39.8 Å². The number of fused-ring (bicyclic) bond motifs is 2. The molecule has 1 fully saturated rings. The zero-order valence-corrected chi connectivity index (χ0v) is 19.1. The summed E-state index contributed by atoms with van der Waals surface area (Å²) in [5.74, 6) is 0.639. The van der Waals surface area contributed by atoms with Gasteiger partial charge in [-0.15, -0.1) is 0 Å². The number of amides is 2. The van der Waals surface area contributed by atoms with E-state index in [1.165, 1.54) is 0 Å². The molecule has 2 amide bonds. The molecule has 0 aliphatic carbocycles. The van der Waals surface area contributed by atoms with Gasteiger partial charge in [-0.2, -0.15) is 0 Å². The van der Waals surface area contributed by atoms with E-state index in [1.807, 2.05) is 62.5 Å². The summed E-state index contributed by atoms with van der Waals surface area (Å²) in [7, 11) is 1.66. The topological polar surface area (TPSA) is 83.6 Å². The highest BCUT2D eigenvalue weighted by atomic mass is 16.5. The minimum Gasteiger partial charge on any atom is -0.497 e. The fourth-order valence-corrected chi connectivity index (χ4v) is 4.82. The minimum atomic E-state index is -0.610. The van der Waals surface area contributed by atoms with Gasteiger partial charge in [0, 0.05) is 41.7 Å². The van der Waals surface area contributed by atoms with Crippen LogP contribution in [0.4, 0.5) is 17.1 Å². The van der Waals surface area contributed by atoms with E-state index in [2.05, 4.69) is 20.5 Å². The lowest BCUT2D eigenvalue weighted by Crippen LogP contribution is -2.40. The van der Waals surface area contributed by atoms with Crippen molar-refractivity contribution in [2.24, 2.45) is 5.92 Å². The summed E-state index contributed by atoms with van der Waals surface area (Å²) in [6.45, 7) is 5.32. The predicted octanol–water partition coefficient (Wildman–Crippen LogP) is 4.33. The Kier molecular flexibility index (Phi) is 5.19. The maximum atomic E-state index is 13.2. The lowest BCUT2D eigenvalue weighted by molar-refractivity contribution is -0.120. The van der Waals surface area contributed by atoms with E-state index in [0.29, 0.717) is 6.54 Å². The highest BCUT2D eigenvalue weighted by Crippen LogP contribution is 2.39. The van der Waals surface area contributed by atoms with Crippen LogP contribution in [0.2, 0.25) is 0 Å². The molecule has 7 nitrogen and oxygen atoms in total.